The molecule has 33 heavy (non-hydrogen) atoms. The predicted molar refractivity (Wildman–Crippen MR) is 123 cm³/mol. The molecule has 8 nitrogen and oxygen atoms in total. The van der Waals surface area contributed by atoms with Gasteiger partial charge < -0.3 is 18.9 Å². The van der Waals surface area contributed by atoms with Gasteiger partial charge in [-0.3, -0.25) is 4.79 Å². The van der Waals surface area contributed by atoms with Crippen molar-refractivity contribution in [2.45, 2.75) is 19.0 Å². The average molecular weight is 472 g/mol. The van der Waals surface area contributed by atoms with Crippen LogP contribution < -0.4 is 5.30 Å². The van der Waals surface area contributed by atoms with Crippen LogP contribution in [0.5, 0.6) is 0 Å². The molecule has 2 aliphatic heterocycles. The van der Waals surface area contributed by atoms with Gasteiger partial charge in [0.15, 0.2) is 0 Å². The third-order valence-corrected chi connectivity index (χ3v) is 10.7. The molecule has 2 aliphatic rings. The molecule has 2 heterocycles. The maximum Gasteiger partial charge on any atom is 0.339 e. The third-order valence-electron chi connectivity index (χ3n) is 6.03. The summed E-state index contributed by atoms with van der Waals surface area (Å²) in [5.74, 6) is -1.75. The Morgan fingerprint density at radius 1 is 0.758 bits per heavy atom. The molecule has 0 saturated carbocycles. The van der Waals surface area contributed by atoms with Gasteiger partial charge >= 0.3 is 23.9 Å². The van der Waals surface area contributed by atoms with Crippen molar-refractivity contribution in [3.05, 3.63) is 64.5 Å². The van der Waals surface area contributed by atoms with Crippen LogP contribution in [0.15, 0.2) is 64.5 Å². The van der Waals surface area contributed by atoms with Crippen LogP contribution in [0.1, 0.15) is 13.8 Å². The smallest absolute Gasteiger partial charge is 0.339 e. The lowest BCUT2D eigenvalue weighted by atomic mass is 9.89. The van der Waals surface area contributed by atoms with E-state index in [0.717, 1.165) is 19.8 Å². The molecule has 9 heteroatoms. The Labute approximate surface area is 191 Å². The van der Waals surface area contributed by atoms with Gasteiger partial charge in [-0.05, 0) is 31.6 Å². The SMILES string of the molecule is COC(=O)C1=C(C(=O)OC)C2(C(=O)OC)C=C(C)C(C)=CP2(c2ccccc2)=C1C(=O)OC. The minimum absolute atomic E-state index is 0.100. The van der Waals surface area contributed by atoms with E-state index in [4.69, 9.17) is 18.9 Å². The van der Waals surface area contributed by atoms with Gasteiger partial charge in [-0.2, -0.15) is 0 Å². The Kier molecular flexibility index (Phi) is 6.52. The Hall–Kier alpha value is -3.38. The number of rotatable bonds is 5. The molecule has 2 unspecified atom stereocenters. The lowest BCUT2D eigenvalue weighted by Crippen LogP contribution is -2.45. The minimum atomic E-state index is -3.38. The van der Waals surface area contributed by atoms with E-state index in [1.807, 2.05) is 6.92 Å². The number of carbonyl (C=O) groups is 4. The van der Waals surface area contributed by atoms with E-state index in [1.165, 1.54) is 14.2 Å². The van der Waals surface area contributed by atoms with Gasteiger partial charge in [0.2, 0.25) is 0 Å². The number of esters is 4. The number of fused-ring (bicyclic) bond motifs is 1. The minimum Gasteiger partial charge on any atom is -0.468 e. The maximum atomic E-state index is 13.7. The summed E-state index contributed by atoms with van der Waals surface area (Å²) in [5, 5.41) is -1.34. The molecule has 0 N–H and O–H groups in total. The zero-order valence-electron chi connectivity index (χ0n) is 19.3. The van der Waals surface area contributed by atoms with Crippen LogP contribution in [0.25, 0.3) is 0 Å². The summed E-state index contributed by atoms with van der Waals surface area (Å²) in [5.41, 5.74) is 0.824. The summed E-state index contributed by atoms with van der Waals surface area (Å²) >= 11 is 0. The lowest BCUT2D eigenvalue weighted by molar-refractivity contribution is -0.145. The van der Waals surface area contributed by atoms with E-state index < -0.39 is 35.9 Å². The molecule has 0 saturated heterocycles. The van der Waals surface area contributed by atoms with Crippen molar-refractivity contribution in [1.82, 2.24) is 0 Å². The van der Waals surface area contributed by atoms with Gasteiger partial charge in [-0.25, -0.2) is 14.4 Å². The quantitative estimate of drug-likeness (QED) is 0.365. The van der Waals surface area contributed by atoms with E-state index in [0.29, 0.717) is 10.9 Å². The summed E-state index contributed by atoms with van der Waals surface area (Å²) in [7, 11) is 4.62. The summed E-state index contributed by atoms with van der Waals surface area (Å²) in [6.07, 6.45) is 1.60. The molecule has 1 aromatic carbocycles. The number of hydrogen-bond donors (Lipinski definition) is 0. The number of allylic oxidation sites excluding steroid dienone is 2. The summed E-state index contributed by atoms with van der Waals surface area (Å²) < 4.78 is 20.3. The standard InChI is InChI=1S/C24H25O8P/c1-14-12-24(23(28)32-6)18(21(26)30-4)17(20(25)29-3)19(22(27)31-5)33(24,13-15(14)2)16-10-8-7-9-11-16/h7-13H,1-6H3. The van der Waals surface area contributed by atoms with Gasteiger partial charge in [-0.15, -0.1) is 0 Å². The molecule has 174 valence electrons. The van der Waals surface area contributed by atoms with Crippen molar-refractivity contribution in [2.75, 3.05) is 28.4 Å². The van der Waals surface area contributed by atoms with Crippen LogP contribution in [0.4, 0.5) is 0 Å². The van der Waals surface area contributed by atoms with Crippen molar-refractivity contribution in [2.24, 2.45) is 0 Å². The normalized spacial score (nSPS) is 23.8. The number of methoxy groups -OCH3 is 4. The highest BCUT2D eigenvalue weighted by molar-refractivity contribution is 7.90. The van der Waals surface area contributed by atoms with Crippen LogP contribution >= 0.6 is 6.89 Å². The topological polar surface area (TPSA) is 105 Å². The van der Waals surface area contributed by atoms with Gasteiger partial charge in [0.25, 0.3) is 0 Å². The number of ether oxygens (including phenoxy) is 4. The van der Waals surface area contributed by atoms with Crippen molar-refractivity contribution in [3.8, 4) is 0 Å². The van der Waals surface area contributed by atoms with E-state index in [9.17, 15) is 19.2 Å². The van der Waals surface area contributed by atoms with Gasteiger partial charge in [0, 0.05) is 0 Å². The second kappa shape index (κ2) is 8.87. The van der Waals surface area contributed by atoms with Gasteiger partial charge in [-0.1, -0.05) is 47.8 Å². The van der Waals surface area contributed by atoms with Crippen LogP contribution in [-0.2, 0) is 38.1 Å². The van der Waals surface area contributed by atoms with Crippen molar-refractivity contribution >= 4 is 41.4 Å². The largest absolute Gasteiger partial charge is 0.468 e. The van der Waals surface area contributed by atoms with E-state index in [2.05, 4.69) is 0 Å². The molecule has 0 amide bonds. The first-order valence-electron chi connectivity index (χ1n) is 9.97. The Balaban J connectivity index is 2.77. The Morgan fingerprint density at radius 3 is 1.85 bits per heavy atom. The summed E-state index contributed by atoms with van der Waals surface area (Å²) in [4.78, 5) is 53.4. The van der Waals surface area contributed by atoms with Crippen LogP contribution in [0.2, 0.25) is 0 Å². The maximum absolute atomic E-state index is 13.7. The predicted octanol–water partition coefficient (Wildman–Crippen LogP) is 2.11. The van der Waals surface area contributed by atoms with E-state index in [-0.39, 0.29) is 16.4 Å². The zero-order chi connectivity index (χ0) is 24.6. The fourth-order valence-corrected chi connectivity index (χ4v) is 9.73. The zero-order valence-corrected chi connectivity index (χ0v) is 20.1. The number of carbonyl (C=O) groups excluding carboxylic acids is 4. The molecule has 0 radical (unpaired) electrons. The Bertz CT molecular complexity index is 1200. The first-order chi connectivity index (χ1) is 15.7. The van der Waals surface area contributed by atoms with Crippen molar-refractivity contribution < 1.29 is 38.1 Å². The molecule has 2 atom stereocenters. The summed E-state index contributed by atoms with van der Waals surface area (Å²) in [6, 6.07) is 8.79. The highest BCUT2D eigenvalue weighted by Crippen LogP contribution is 2.72. The Morgan fingerprint density at radius 2 is 1.33 bits per heavy atom. The van der Waals surface area contributed by atoms with Crippen LogP contribution in [-0.4, -0.2) is 62.8 Å². The molecular weight excluding hydrogens is 447 g/mol. The first kappa shape index (κ1) is 24.3. The van der Waals surface area contributed by atoms with Gasteiger partial charge in [0.1, 0.15) is 5.16 Å². The molecule has 0 aromatic heterocycles. The highest BCUT2D eigenvalue weighted by Gasteiger charge is 2.65. The first-order valence-corrected chi connectivity index (χ1v) is 11.8. The highest BCUT2D eigenvalue weighted by atomic mass is 31.2. The molecule has 1 aromatic rings. The van der Waals surface area contributed by atoms with Crippen LogP contribution in [0, 0.1) is 0 Å². The summed E-state index contributed by atoms with van der Waals surface area (Å²) in [6.45, 7) is 0.234. The molecule has 0 bridgehead atoms. The van der Waals surface area contributed by atoms with Crippen molar-refractivity contribution in [1.29, 1.82) is 0 Å². The average Bonchev–Trinajstić information content (AvgIpc) is 3.10. The lowest BCUT2D eigenvalue weighted by Gasteiger charge is -2.42. The third kappa shape index (κ3) is 3.20. The number of hydrogen-bond acceptors (Lipinski definition) is 8. The van der Waals surface area contributed by atoms with E-state index in [1.54, 1.807) is 49.1 Å². The molecular formula is C24H25O8P. The molecule has 0 spiro atoms. The van der Waals surface area contributed by atoms with E-state index >= 15 is 0 Å². The van der Waals surface area contributed by atoms with Crippen LogP contribution in [0.3, 0.4) is 0 Å². The number of benzene rings is 1. The second-order valence-electron chi connectivity index (χ2n) is 7.53. The van der Waals surface area contributed by atoms with Crippen molar-refractivity contribution in [3.63, 3.8) is 0 Å². The second-order valence-corrected chi connectivity index (χ2v) is 10.9. The molecule has 3 rings (SSSR count). The fraction of sp³-hybridized carbons (Fsp3) is 0.292. The monoisotopic (exact) mass is 472 g/mol. The van der Waals surface area contributed by atoms with Gasteiger partial charge in [0.05, 0.1) is 44.9 Å². The molecule has 0 fully saturated rings. The molecule has 0 aliphatic carbocycles. The fourth-order valence-electron chi connectivity index (χ4n) is 4.53.